The second kappa shape index (κ2) is 10.1. The lowest BCUT2D eigenvalue weighted by Gasteiger charge is -2.39. The molecule has 3 aromatic rings. The molecule has 3 aromatic carbocycles. The molecule has 0 fully saturated rings. The maximum atomic E-state index is 12.0. The maximum Gasteiger partial charge on any atom is 0.335 e. The molecule has 0 bridgehead atoms. The standard InChI is InChI=1S/C25H24O6/c26-17-21(27)16-22(23(28)24(29)30)31-25(18-10-4-1-5-11-18,19-12-6-2-7-13-19)20-14-8-3-9-15-20/h1-15,22-23,26,28H,16-17H2,(H,29,30). The number of aliphatic hydroxyl groups excluding tert-OH is 2. The summed E-state index contributed by atoms with van der Waals surface area (Å²) in [6.07, 6.45) is -3.83. The monoisotopic (exact) mass is 420 g/mol. The summed E-state index contributed by atoms with van der Waals surface area (Å²) in [6.45, 7) is -0.777. The highest BCUT2D eigenvalue weighted by atomic mass is 16.5. The zero-order chi connectivity index (χ0) is 22.3. The van der Waals surface area contributed by atoms with Crippen LogP contribution < -0.4 is 0 Å². The number of aliphatic hydroxyl groups is 2. The first-order chi connectivity index (χ1) is 15.0. The van der Waals surface area contributed by atoms with Crippen molar-refractivity contribution < 1.29 is 29.6 Å². The van der Waals surface area contributed by atoms with Crippen LogP contribution in [-0.4, -0.2) is 45.9 Å². The van der Waals surface area contributed by atoms with Gasteiger partial charge in [0, 0.05) is 6.42 Å². The van der Waals surface area contributed by atoms with Gasteiger partial charge in [0.15, 0.2) is 11.9 Å². The number of carboxylic acids is 1. The van der Waals surface area contributed by atoms with Crippen LogP contribution in [0.1, 0.15) is 23.1 Å². The fourth-order valence-corrected chi connectivity index (χ4v) is 3.62. The Kier molecular flexibility index (Phi) is 7.31. The molecule has 3 rings (SSSR count). The van der Waals surface area contributed by atoms with Gasteiger partial charge in [0.25, 0.3) is 0 Å². The number of hydrogen-bond acceptors (Lipinski definition) is 5. The second-order valence-corrected chi connectivity index (χ2v) is 7.12. The number of hydrogen-bond donors (Lipinski definition) is 3. The number of rotatable bonds is 10. The van der Waals surface area contributed by atoms with Gasteiger partial charge in [-0.2, -0.15) is 0 Å². The summed E-state index contributed by atoms with van der Waals surface area (Å²) in [5, 5.41) is 29.0. The van der Waals surface area contributed by atoms with Crippen LogP contribution in [0.5, 0.6) is 0 Å². The highest BCUT2D eigenvalue weighted by molar-refractivity contribution is 5.81. The third kappa shape index (κ3) is 4.88. The van der Waals surface area contributed by atoms with Crippen molar-refractivity contribution in [3.63, 3.8) is 0 Å². The lowest BCUT2D eigenvalue weighted by atomic mass is 9.79. The van der Waals surface area contributed by atoms with E-state index in [1.807, 2.05) is 91.0 Å². The minimum atomic E-state index is -1.97. The topological polar surface area (TPSA) is 104 Å². The van der Waals surface area contributed by atoms with E-state index >= 15 is 0 Å². The summed E-state index contributed by atoms with van der Waals surface area (Å²) in [5.74, 6) is -2.15. The Hall–Kier alpha value is -3.32. The molecule has 0 saturated carbocycles. The van der Waals surface area contributed by atoms with Crippen LogP contribution >= 0.6 is 0 Å². The Morgan fingerprint density at radius 1 is 0.774 bits per heavy atom. The van der Waals surface area contributed by atoms with Crippen molar-refractivity contribution in [3.05, 3.63) is 108 Å². The number of Topliss-reactive ketones (excluding diaryl/α,β-unsaturated/α-hetero) is 1. The maximum absolute atomic E-state index is 12.0. The summed E-state index contributed by atoms with van der Waals surface area (Å²) < 4.78 is 6.43. The lowest BCUT2D eigenvalue weighted by Crippen LogP contribution is -2.45. The smallest absolute Gasteiger partial charge is 0.335 e. The molecular weight excluding hydrogens is 396 g/mol. The summed E-state index contributed by atoms with van der Waals surface area (Å²) in [7, 11) is 0. The third-order valence-electron chi connectivity index (χ3n) is 5.08. The van der Waals surface area contributed by atoms with Crippen molar-refractivity contribution in [2.24, 2.45) is 0 Å². The number of ether oxygens (including phenoxy) is 1. The van der Waals surface area contributed by atoms with E-state index in [0.717, 1.165) is 0 Å². The number of aliphatic carboxylic acids is 1. The molecule has 0 aliphatic heterocycles. The third-order valence-corrected chi connectivity index (χ3v) is 5.08. The molecule has 6 heteroatoms. The molecule has 0 saturated heterocycles. The van der Waals surface area contributed by atoms with E-state index in [9.17, 15) is 24.9 Å². The number of carbonyl (C=O) groups is 2. The molecule has 0 radical (unpaired) electrons. The molecule has 0 aliphatic rings. The molecule has 3 N–H and O–H groups in total. The number of ketones is 1. The van der Waals surface area contributed by atoms with E-state index < -0.39 is 42.6 Å². The molecule has 6 nitrogen and oxygen atoms in total. The van der Waals surface area contributed by atoms with Crippen LogP contribution in [0.15, 0.2) is 91.0 Å². The normalized spacial score (nSPS) is 13.4. The molecule has 0 amide bonds. The first-order valence-corrected chi connectivity index (χ1v) is 9.87. The fourth-order valence-electron chi connectivity index (χ4n) is 3.62. The van der Waals surface area contributed by atoms with Crippen molar-refractivity contribution in [2.45, 2.75) is 24.2 Å². The van der Waals surface area contributed by atoms with Crippen LogP contribution in [0.3, 0.4) is 0 Å². The molecule has 0 aromatic heterocycles. The van der Waals surface area contributed by atoms with Gasteiger partial charge in [-0.15, -0.1) is 0 Å². The second-order valence-electron chi connectivity index (χ2n) is 7.12. The van der Waals surface area contributed by atoms with E-state index in [4.69, 9.17) is 4.74 Å². The first-order valence-electron chi connectivity index (χ1n) is 9.87. The van der Waals surface area contributed by atoms with Gasteiger partial charge in [-0.1, -0.05) is 91.0 Å². The Bertz CT molecular complexity index is 892. The van der Waals surface area contributed by atoms with Crippen LogP contribution in [0, 0.1) is 0 Å². The Morgan fingerprint density at radius 3 is 1.48 bits per heavy atom. The average molecular weight is 420 g/mol. The molecule has 0 aliphatic carbocycles. The zero-order valence-electron chi connectivity index (χ0n) is 16.8. The Balaban J connectivity index is 2.25. The number of benzene rings is 3. The Morgan fingerprint density at radius 2 is 1.16 bits per heavy atom. The summed E-state index contributed by atoms with van der Waals surface area (Å²) in [4.78, 5) is 23.6. The van der Waals surface area contributed by atoms with Crippen molar-refractivity contribution in [2.75, 3.05) is 6.61 Å². The van der Waals surface area contributed by atoms with Crippen LogP contribution in [0.2, 0.25) is 0 Å². The fraction of sp³-hybridized carbons (Fsp3) is 0.200. The highest BCUT2D eigenvalue weighted by Gasteiger charge is 2.43. The number of carboxylic acid groups (broad SMARTS) is 1. The lowest BCUT2D eigenvalue weighted by molar-refractivity contribution is -0.165. The van der Waals surface area contributed by atoms with Gasteiger partial charge in [-0.3, -0.25) is 4.79 Å². The van der Waals surface area contributed by atoms with Crippen LogP contribution in [0.25, 0.3) is 0 Å². The van der Waals surface area contributed by atoms with Gasteiger partial charge in [0.2, 0.25) is 0 Å². The Labute approximate surface area is 180 Å². The zero-order valence-corrected chi connectivity index (χ0v) is 16.8. The van der Waals surface area contributed by atoms with Crippen molar-refractivity contribution in [1.82, 2.24) is 0 Å². The molecule has 2 atom stereocenters. The van der Waals surface area contributed by atoms with Gasteiger partial charge in [0.05, 0.1) is 0 Å². The molecule has 31 heavy (non-hydrogen) atoms. The highest BCUT2D eigenvalue weighted by Crippen LogP contribution is 2.42. The van der Waals surface area contributed by atoms with Gasteiger partial charge < -0.3 is 20.1 Å². The first kappa shape index (κ1) is 22.4. The van der Waals surface area contributed by atoms with E-state index in [1.165, 1.54) is 0 Å². The van der Waals surface area contributed by atoms with Crippen molar-refractivity contribution in [3.8, 4) is 0 Å². The number of carbonyl (C=O) groups excluding carboxylic acids is 1. The predicted octanol–water partition coefficient (Wildman–Crippen LogP) is 2.76. The largest absolute Gasteiger partial charge is 0.479 e. The SMILES string of the molecule is O=C(CO)CC(OC(c1ccccc1)(c1ccccc1)c1ccccc1)C(O)C(=O)O. The van der Waals surface area contributed by atoms with Gasteiger partial charge in [0.1, 0.15) is 18.3 Å². The van der Waals surface area contributed by atoms with Gasteiger partial charge >= 0.3 is 5.97 Å². The predicted molar refractivity (Wildman–Crippen MR) is 114 cm³/mol. The minimum absolute atomic E-state index is 0.460. The van der Waals surface area contributed by atoms with Gasteiger partial charge in [-0.05, 0) is 16.7 Å². The van der Waals surface area contributed by atoms with Gasteiger partial charge in [-0.25, -0.2) is 4.79 Å². The van der Waals surface area contributed by atoms with Crippen LogP contribution in [-0.2, 0) is 19.9 Å². The van der Waals surface area contributed by atoms with Crippen molar-refractivity contribution >= 4 is 11.8 Å². The molecule has 0 spiro atoms. The van der Waals surface area contributed by atoms with E-state index in [1.54, 1.807) is 0 Å². The summed E-state index contributed by atoms with van der Waals surface area (Å²) >= 11 is 0. The molecular formula is C25H24O6. The van der Waals surface area contributed by atoms with E-state index in [2.05, 4.69) is 0 Å². The average Bonchev–Trinajstić information content (AvgIpc) is 2.82. The summed E-state index contributed by atoms with van der Waals surface area (Å²) in [6, 6.07) is 27.6. The molecule has 0 heterocycles. The van der Waals surface area contributed by atoms with E-state index in [-0.39, 0.29) is 0 Å². The van der Waals surface area contributed by atoms with E-state index in [0.29, 0.717) is 16.7 Å². The quantitative estimate of drug-likeness (QED) is 0.436. The molecule has 2 unspecified atom stereocenters. The molecule has 160 valence electrons. The van der Waals surface area contributed by atoms with Crippen LogP contribution in [0.4, 0.5) is 0 Å². The minimum Gasteiger partial charge on any atom is -0.479 e. The summed E-state index contributed by atoms with van der Waals surface area (Å²) in [5.41, 5.74) is 0.796. The van der Waals surface area contributed by atoms with Crippen molar-refractivity contribution in [1.29, 1.82) is 0 Å².